The number of benzene rings is 1. The second-order valence-corrected chi connectivity index (χ2v) is 4.06. The quantitative estimate of drug-likeness (QED) is 0.708. The van der Waals surface area contributed by atoms with Crippen molar-refractivity contribution in [3.05, 3.63) is 17.7 Å². The Morgan fingerprint density at radius 2 is 2.05 bits per heavy atom. The van der Waals surface area contributed by atoms with Crippen LogP contribution in [0.1, 0.15) is 31.7 Å². The highest BCUT2D eigenvalue weighted by molar-refractivity contribution is 5.93. The Bertz CT molecular complexity index is 498. The Hall–Kier alpha value is -2.24. The van der Waals surface area contributed by atoms with Gasteiger partial charge in [0.25, 0.3) is 0 Å². The first kappa shape index (κ1) is 14.8. The fourth-order valence-electron chi connectivity index (χ4n) is 1.86. The van der Waals surface area contributed by atoms with Crippen molar-refractivity contribution >= 4 is 17.6 Å². The number of aliphatic carboxylic acids is 1. The van der Waals surface area contributed by atoms with Gasteiger partial charge in [0.05, 0.1) is 13.0 Å². The molecule has 0 spiro atoms. The van der Waals surface area contributed by atoms with Gasteiger partial charge in [-0.3, -0.25) is 9.59 Å². The van der Waals surface area contributed by atoms with Gasteiger partial charge in [0, 0.05) is 12.5 Å². The normalized spacial score (nSPS) is 11.7. The minimum Gasteiger partial charge on any atom is -0.505 e. The van der Waals surface area contributed by atoms with Crippen molar-refractivity contribution in [2.24, 2.45) is 0 Å². The fraction of sp³-hybridized carbons (Fsp3) is 0.385. The number of rotatable bonds is 5. The minimum atomic E-state index is -1.03. The van der Waals surface area contributed by atoms with E-state index >= 15 is 0 Å². The molecule has 104 valence electrons. The molecule has 1 amide bonds. The molecule has 0 saturated carbocycles. The third-order valence-electron chi connectivity index (χ3n) is 2.77. The SMILES string of the molecule is CC[C@H](C(=O)O)c1ccc(OC)c(NC(C)=O)c1O. The molecule has 1 atom stereocenters. The zero-order chi connectivity index (χ0) is 14.6. The number of carbonyl (C=O) groups excluding carboxylic acids is 1. The van der Waals surface area contributed by atoms with E-state index in [0.717, 1.165) is 0 Å². The number of carboxylic acids is 1. The molecule has 0 radical (unpaired) electrons. The van der Waals surface area contributed by atoms with Gasteiger partial charge >= 0.3 is 5.97 Å². The van der Waals surface area contributed by atoms with Gasteiger partial charge in [-0.15, -0.1) is 0 Å². The maximum absolute atomic E-state index is 11.1. The molecule has 6 heteroatoms. The molecule has 3 N–H and O–H groups in total. The van der Waals surface area contributed by atoms with Gasteiger partial charge in [0.15, 0.2) is 0 Å². The number of hydrogen-bond acceptors (Lipinski definition) is 4. The van der Waals surface area contributed by atoms with Crippen molar-refractivity contribution in [3.8, 4) is 11.5 Å². The van der Waals surface area contributed by atoms with E-state index in [-0.39, 0.29) is 28.7 Å². The summed E-state index contributed by atoms with van der Waals surface area (Å²) < 4.78 is 5.03. The number of amides is 1. The molecule has 1 aromatic carbocycles. The van der Waals surface area contributed by atoms with Crippen molar-refractivity contribution in [2.75, 3.05) is 12.4 Å². The molecule has 0 fully saturated rings. The lowest BCUT2D eigenvalue weighted by Gasteiger charge is -2.17. The second-order valence-electron chi connectivity index (χ2n) is 4.06. The van der Waals surface area contributed by atoms with E-state index < -0.39 is 11.9 Å². The number of carboxylic acid groups (broad SMARTS) is 1. The molecule has 0 unspecified atom stereocenters. The highest BCUT2D eigenvalue weighted by Crippen LogP contribution is 2.40. The second kappa shape index (κ2) is 6.08. The van der Waals surface area contributed by atoms with Crippen LogP contribution in [-0.4, -0.2) is 29.2 Å². The first-order chi connectivity index (χ1) is 8.92. The Morgan fingerprint density at radius 1 is 1.42 bits per heavy atom. The molecular weight excluding hydrogens is 250 g/mol. The number of hydrogen-bond donors (Lipinski definition) is 3. The molecule has 6 nitrogen and oxygen atoms in total. The van der Waals surface area contributed by atoms with Gasteiger partial charge in [0.2, 0.25) is 5.91 Å². The molecule has 0 aliphatic heterocycles. The summed E-state index contributed by atoms with van der Waals surface area (Å²) in [6.45, 7) is 3.00. The summed E-state index contributed by atoms with van der Waals surface area (Å²) in [6.07, 6.45) is 0.328. The van der Waals surface area contributed by atoms with Crippen LogP contribution in [0.5, 0.6) is 11.5 Å². The Labute approximate surface area is 111 Å². The van der Waals surface area contributed by atoms with Crippen molar-refractivity contribution in [1.82, 2.24) is 0 Å². The zero-order valence-corrected chi connectivity index (χ0v) is 11.1. The maximum Gasteiger partial charge on any atom is 0.311 e. The lowest BCUT2D eigenvalue weighted by Crippen LogP contribution is -2.13. The topological polar surface area (TPSA) is 95.9 Å². The number of carbonyl (C=O) groups is 2. The smallest absolute Gasteiger partial charge is 0.311 e. The molecule has 0 aliphatic rings. The molecule has 0 heterocycles. The molecular formula is C13H17NO5. The van der Waals surface area contributed by atoms with Crippen molar-refractivity contribution < 1.29 is 24.5 Å². The number of anilines is 1. The van der Waals surface area contributed by atoms with Crippen LogP contribution in [0.2, 0.25) is 0 Å². The van der Waals surface area contributed by atoms with Crippen LogP contribution in [-0.2, 0) is 9.59 Å². The number of methoxy groups -OCH3 is 1. The summed E-state index contributed by atoms with van der Waals surface area (Å²) in [7, 11) is 1.40. The summed E-state index contributed by atoms with van der Waals surface area (Å²) in [5, 5.41) is 21.7. The van der Waals surface area contributed by atoms with E-state index in [9.17, 15) is 14.7 Å². The zero-order valence-electron chi connectivity index (χ0n) is 11.1. The van der Waals surface area contributed by atoms with Gasteiger partial charge in [-0.25, -0.2) is 0 Å². The highest BCUT2D eigenvalue weighted by atomic mass is 16.5. The monoisotopic (exact) mass is 267 g/mol. The Kier molecular flexibility index (Phi) is 4.74. The summed E-state index contributed by atoms with van der Waals surface area (Å²) >= 11 is 0. The summed E-state index contributed by atoms with van der Waals surface area (Å²) in [4.78, 5) is 22.3. The van der Waals surface area contributed by atoms with E-state index in [1.807, 2.05) is 0 Å². The van der Waals surface area contributed by atoms with Gasteiger partial charge in [0.1, 0.15) is 17.2 Å². The first-order valence-corrected chi connectivity index (χ1v) is 5.82. The van der Waals surface area contributed by atoms with Crippen LogP contribution >= 0.6 is 0 Å². The van der Waals surface area contributed by atoms with Gasteiger partial charge in [-0.05, 0) is 12.5 Å². The minimum absolute atomic E-state index is 0.0900. The largest absolute Gasteiger partial charge is 0.505 e. The maximum atomic E-state index is 11.1. The number of phenolic OH excluding ortho intramolecular Hbond substituents is 1. The van der Waals surface area contributed by atoms with Crippen LogP contribution in [0.3, 0.4) is 0 Å². The van der Waals surface area contributed by atoms with Crippen LogP contribution in [0.15, 0.2) is 12.1 Å². The standard InChI is InChI=1S/C13H17NO5/c1-4-8(13(17)18)9-5-6-10(19-3)11(12(9)16)14-7(2)15/h5-6,8,16H,4H2,1-3H3,(H,14,15)(H,17,18)/t8-/m0/s1. The number of nitrogens with one attached hydrogen (secondary N) is 1. The molecule has 1 rings (SSSR count). The van der Waals surface area contributed by atoms with Gasteiger partial charge in [-0.1, -0.05) is 13.0 Å². The number of phenols is 1. The van der Waals surface area contributed by atoms with Crippen LogP contribution in [0, 0.1) is 0 Å². The van der Waals surface area contributed by atoms with E-state index in [1.165, 1.54) is 26.2 Å². The number of ether oxygens (including phenoxy) is 1. The Balaban J connectivity index is 3.36. The lowest BCUT2D eigenvalue weighted by molar-refractivity contribution is -0.138. The van der Waals surface area contributed by atoms with Gasteiger partial charge in [-0.2, -0.15) is 0 Å². The van der Waals surface area contributed by atoms with Crippen LogP contribution in [0.25, 0.3) is 0 Å². The van der Waals surface area contributed by atoms with Crippen molar-refractivity contribution in [3.63, 3.8) is 0 Å². The molecule has 19 heavy (non-hydrogen) atoms. The van der Waals surface area contributed by atoms with E-state index in [1.54, 1.807) is 6.92 Å². The third kappa shape index (κ3) is 3.15. The summed E-state index contributed by atoms with van der Waals surface area (Å²) in [5.41, 5.74) is 0.340. The average Bonchev–Trinajstić information content (AvgIpc) is 2.33. The average molecular weight is 267 g/mol. The van der Waals surface area contributed by atoms with Crippen LogP contribution in [0.4, 0.5) is 5.69 Å². The van der Waals surface area contributed by atoms with E-state index in [2.05, 4.69) is 5.32 Å². The van der Waals surface area contributed by atoms with E-state index in [4.69, 9.17) is 9.84 Å². The number of aromatic hydroxyl groups is 1. The third-order valence-corrected chi connectivity index (χ3v) is 2.77. The summed E-state index contributed by atoms with van der Waals surface area (Å²) in [6, 6.07) is 3.01. The molecule has 0 aliphatic carbocycles. The Morgan fingerprint density at radius 3 is 2.47 bits per heavy atom. The van der Waals surface area contributed by atoms with Crippen LogP contribution < -0.4 is 10.1 Å². The fourth-order valence-corrected chi connectivity index (χ4v) is 1.86. The van der Waals surface area contributed by atoms with Crippen molar-refractivity contribution in [1.29, 1.82) is 0 Å². The lowest BCUT2D eigenvalue weighted by atomic mass is 9.95. The van der Waals surface area contributed by atoms with E-state index in [0.29, 0.717) is 6.42 Å². The first-order valence-electron chi connectivity index (χ1n) is 5.82. The van der Waals surface area contributed by atoms with Crippen molar-refractivity contribution in [2.45, 2.75) is 26.2 Å². The molecule has 0 aromatic heterocycles. The highest BCUT2D eigenvalue weighted by Gasteiger charge is 2.24. The van der Waals surface area contributed by atoms with Gasteiger partial charge < -0.3 is 20.3 Å². The predicted octanol–water partition coefficient (Wildman–Crippen LogP) is 1.94. The predicted molar refractivity (Wildman–Crippen MR) is 69.6 cm³/mol. The molecule has 0 saturated heterocycles. The summed E-state index contributed by atoms with van der Waals surface area (Å²) in [5.74, 6) is -2.25. The molecule has 0 bridgehead atoms. The molecule has 1 aromatic rings.